The molecule has 1 saturated carbocycles. The van der Waals surface area contributed by atoms with Gasteiger partial charge in [-0.15, -0.1) is 0 Å². The molecule has 1 heterocycles. The first-order chi connectivity index (χ1) is 8.35. The number of hydrogen-bond acceptors (Lipinski definition) is 4. The van der Waals surface area contributed by atoms with Gasteiger partial charge in [-0.1, -0.05) is 19.3 Å². The molecule has 0 aromatic rings. The highest BCUT2D eigenvalue weighted by molar-refractivity contribution is 5.69. The van der Waals surface area contributed by atoms with Crippen LogP contribution in [-0.2, 0) is 4.74 Å². The molecule has 0 spiro atoms. The summed E-state index contributed by atoms with van der Waals surface area (Å²) in [4.78, 5) is 13.0. The summed E-state index contributed by atoms with van der Waals surface area (Å²) in [5, 5.41) is 18.5. The smallest absolute Gasteiger partial charge is 0.410 e. The summed E-state index contributed by atoms with van der Waals surface area (Å²) in [6, 6.07) is -0.528. The molecule has 2 rings (SSSR count). The third-order valence-corrected chi connectivity index (χ3v) is 2.68. The number of nitrogens with zero attached hydrogens (tertiary/aromatic N) is 1. The van der Waals surface area contributed by atoms with Crippen molar-refractivity contribution in [2.24, 2.45) is 0 Å². The van der Waals surface area contributed by atoms with Gasteiger partial charge in [-0.25, -0.2) is 4.79 Å². The van der Waals surface area contributed by atoms with Crippen LogP contribution in [0.25, 0.3) is 0 Å². The zero-order chi connectivity index (χ0) is 13.8. The van der Waals surface area contributed by atoms with E-state index in [1.165, 1.54) is 24.2 Å². The summed E-state index contributed by atoms with van der Waals surface area (Å²) >= 11 is 0. The Morgan fingerprint density at radius 1 is 1.33 bits per heavy atom. The Bertz CT molecular complexity index is 270. The SMILES string of the molecule is C1CC1.CC(C)(C)OC(=O)N1CCC(O)C1CO. The lowest BCUT2D eigenvalue weighted by Gasteiger charge is -2.28. The monoisotopic (exact) mass is 259 g/mol. The van der Waals surface area contributed by atoms with Crippen LogP contribution < -0.4 is 0 Å². The number of carbonyl (C=O) groups is 1. The van der Waals surface area contributed by atoms with Crippen molar-refractivity contribution in [3.8, 4) is 0 Å². The molecule has 2 atom stereocenters. The second-order valence-electron chi connectivity index (χ2n) is 5.84. The fraction of sp³-hybridized carbons (Fsp3) is 0.923. The number of amides is 1. The van der Waals surface area contributed by atoms with E-state index in [0.717, 1.165) is 0 Å². The lowest BCUT2D eigenvalue weighted by Crippen LogP contribution is -2.44. The van der Waals surface area contributed by atoms with Crippen molar-refractivity contribution in [1.82, 2.24) is 4.90 Å². The van der Waals surface area contributed by atoms with E-state index in [1.54, 1.807) is 20.8 Å². The molecule has 1 saturated heterocycles. The molecule has 2 N–H and O–H groups in total. The topological polar surface area (TPSA) is 70.0 Å². The summed E-state index contributed by atoms with van der Waals surface area (Å²) in [5.74, 6) is 0. The van der Waals surface area contributed by atoms with Crippen LogP contribution >= 0.6 is 0 Å². The largest absolute Gasteiger partial charge is 0.444 e. The predicted molar refractivity (Wildman–Crippen MR) is 68.3 cm³/mol. The predicted octanol–water partition coefficient (Wildman–Crippen LogP) is 1.52. The summed E-state index contributed by atoms with van der Waals surface area (Å²) in [6.45, 7) is 5.55. The molecule has 2 aliphatic rings. The number of hydrogen-bond donors (Lipinski definition) is 2. The van der Waals surface area contributed by atoms with E-state index in [-0.39, 0.29) is 6.61 Å². The fourth-order valence-corrected chi connectivity index (χ4v) is 1.60. The molecule has 2 fully saturated rings. The molecule has 0 radical (unpaired) electrons. The van der Waals surface area contributed by atoms with Gasteiger partial charge >= 0.3 is 6.09 Å². The zero-order valence-electron chi connectivity index (χ0n) is 11.6. The van der Waals surface area contributed by atoms with Gasteiger partial charge in [-0.05, 0) is 27.2 Å². The molecular weight excluding hydrogens is 234 g/mol. The molecule has 0 aromatic carbocycles. The summed E-state index contributed by atoms with van der Waals surface area (Å²) in [6.07, 6.45) is 3.87. The van der Waals surface area contributed by atoms with Crippen LogP contribution in [-0.4, -0.2) is 52.1 Å². The van der Waals surface area contributed by atoms with Gasteiger partial charge in [0, 0.05) is 6.54 Å². The average molecular weight is 259 g/mol. The van der Waals surface area contributed by atoms with Crippen molar-refractivity contribution in [3.05, 3.63) is 0 Å². The number of ether oxygens (including phenoxy) is 1. The lowest BCUT2D eigenvalue weighted by atomic mass is 10.2. The molecule has 1 amide bonds. The number of aliphatic hydroxyl groups excluding tert-OH is 2. The second-order valence-corrected chi connectivity index (χ2v) is 5.84. The Hall–Kier alpha value is -0.810. The number of rotatable bonds is 1. The zero-order valence-corrected chi connectivity index (χ0v) is 11.6. The van der Waals surface area contributed by atoms with E-state index in [9.17, 15) is 9.90 Å². The Morgan fingerprint density at radius 2 is 1.89 bits per heavy atom. The maximum atomic E-state index is 11.7. The van der Waals surface area contributed by atoms with Crippen LogP contribution in [0.4, 0.5) is 4.79 Å². The van der Waals surface area contributed by atoms with Gasteiger partial charge < -0.3 is 19.8 Å². The maximum absolute atomic E-state index is 11.7. The first-order valence-electron chi connectivity index (χ1n) is 6.63. The Labute approximate surface area is 109 Å². The van der Waals surface area contributed by atoms with Crippen LogP contribution in [0.15, 0.2) is 0 Å². The first-order valence-corrected chi connectivity index (χ1v) is 6.63. The summed E-state index contributed by atoms with van der Waals surface area (Å²) in [7, 11) is 0. The fourth-order valence-electron chi connectivity index (χ4n) is 1.60. The first kappa shape index (κ1) is 15.2. The number of likely N-dealkylation sites (tertiary alicyclic amines) is 1. The minimum Gasteiger partial charge on any atom is -0.444 e. The van der Waals surface area contributed by atoms with Crippen LogP contribution in [0.2, 0.25) is 0 Å². The van der Waals surface area contributed by atoms with Crippen LogP contribution in [0.1, 0.15) is 46.5 Å². The standard InChI is InChI=1S/C10H19NO4.C3H6/c1-10(2,3)15-9(14)11-5-4-8(13)7(11)6-12;1-2-3-1/h7-8,12-13H,4-6H2,1-3H3;1-3H2. The van der Waals surface area contributed by atoms with E-state index in [2.05, 4.69) is 0 Å². The maximum Gasteiger partial charge on any atom is 0.410 e. The third-order valence-electron chi connectivity index (χ3n) is 2.68. The van der Waals surface area contributed by atoms with E-state index >= 15 is 0 Å². The van der Waals surface area contributed by atoms with Gasteiger partial charge in [0.25, 0.3) is 0 Å². The van der Waals surface area contributed by atoms with Crippen molar-refractivity contribution in [3.63, 3.8) is 0 Å². The minimum atomic E-state index is -0.650. The second kappa shape index (κ2) is 6.38. The Morgan fingerprint density at radius 3 is 2.28 bits per heavy atom. The van der Waals surface area contributed by atoms with Gasteiger partial charge in [-0.2, -0.15) is 0 Å². The van der Waals surface area contributed by atoms with Crippen LogP contribution in [0.5, 0.6) is 0 Å². The number of aliphatic hydroxyl groups is 2. The van der Waals surface area contributed by atoms with Crippen LogP contribution in [0.3, 0.4) is 0 Å². The Balaban J connectivity index is 0.000000468. The summed E-state index contributed by atoms with van der Waals surface area (Å²) < 4.78 is 5.17. The molecule has 2 unspecified atom stereocenters. The van der Waals surface area contributed by atoms with E-state index in [1.807, 2.05) is 0 Å². The minimum absolute atomic E-state index is 0.236. The third kappa shape index (κ3) is 5.23. The Kier molecular flexibility index (Phi) is 5.41. The van der Waals surface area contributed by atoms with Gasteiger partial charge in [0.05, 0.1) is 18.8 Å². The van der Waals surface area contributed by atoms with E-state index in [4.69, 9.17) is 9.84 Å². The molecule has 5 nitrogen and oxygen atoms in total. The van der Waals surface area contributed by atoms with Crippen molar-refractivity contribution < 1.29 is 19.7 Å². The molecule has 0 bridgehead atoms. The van der Waals surface area contributed by atoms with Crippen LogP contribution in [0, 0.1) is 0 Å². The molecule has 18 heavy (non-hydrogen) atoms. The molecule has 1 aliphatic carbocycles. The van der Waals surface area contributed by atoms with Gasteiger partial charge in [0.15, 0.2) is 0 Å². The van der Waals surface area contributed by atoms with Crippen molar-refractivity contribution in [1.29, 1.82) is 0 Å². The normalized spacial score (nSPS) is 26.4. The number of carbonyl (C=O) groups excluding carboxylic acids is 1. The summed E-state index contributed by atoms with van der Waals surface area (Å²) in [5.41, 5.74) is -0.551. The molecule has 5 heteroatoms. The molecule has 106 valence electrons. The molecule has 1 aliphatic heterocycles. The van der Waals surface area contributed by atoms with Gasteiger partial charge in [0.2, 0.25) is 0 Å². The molecular formula is C13H25NO4. The lowest BCUT2D eigenvalue weighted by molar-refractivity contribution is 0.00661. The highest BCUT2D eigenvalue weighted by Crippen LogP contribution is 2.20. The quantitative estimate of drug-likeness (QED) is 0.749. The van der Waals surface area contributed by atoms with Gasteiger partial charge in [-0.3, -0.25) is 0 Å². The van der Waals surface area contributed by atoms with E-state index < -0.39 is 23.8 Å². The van der Waals surface area contributed by atoms with E-state index in [0.29, 0.717) is 13.0 Å². The van der Waals surface area contributed by atoms with Crippen molar-refractivity contribution in [2.45, 2.75) is 64.2 Å². The highest BCUT2D eigenvalue weighted by atomic mass is 16.6. The van der Waals surface area contributed by atoms with Crippen molar-refractivity contribution >= 4 is 6.09 Å². The van der Waals surface area contributed by atoms with Gasteiger partial charge in [0.1, 0.15) is 5.60 Å². The van der Waals surface area contributed by atoms with Crippen molar-refractivity contribution in [2.75, 3.05) is 13.2 Å². The molecule has 0 aromatic heterocycles. The average Bonchev–Trinajstić information content (AvgIpc) is 3.05. The highest BCUT2D eigenvalue weighted by Gasteiger charge is 2.37.